The highest BCUT2D eigenvalue weighted by atomic mass is 35.5. The minimum Gasteiger partial charge on any atom is -0.497 e. The van der Waals surface area contributed by atoms with Crippen molar-refractivity contribution in [2.45, 2.75) is 0 Å². The molecule has 0 saturated carbocycles. The second kappa shape index (κ2) is 9.05. The number of hydrogen-bond acceptors (Lipinski definition) is 4. The van der Waals surface area contributed by atoms with Crippen LogP contribution in [0, 0.1) is 0 Å². The minimum absolute atomic E-state index is 0.161. The molecule has 5 nitrogen and oxygen atoms in total. The maximum absolute atomic E-state index is 11.9. The lowest BCUT2D eigenvalue weighted by Gasteiger charge is -2.13. The third kappa shape index (κ3) is 5.77. The highest BCUT2D eigenvalue weighted by molar-refractivity contribution is 7.80. The van der Waals surface area contributed by atoms with Gasteiger partial charge in [0.05, 0.1) is 19.9 Å². The van der Waals surface area contributed by atoms with Crippen LogP contribution in [0.5, 0.6) is 11.5 Å². The van der Waals surface area contributed by atoms with Crippen molar-refractivity contribution in [3.05, 3.63) is 59.1 Å². The summed E-state index contributed by atoms with van der Waals surface area (Å²) in [5.74, 6) is 0.857. The zero-order valence-electron chi connectivity index (χ0n) is 13.7. The highest BCUT2D eigenvalue weighted by Gasteiger charge is 2.08. The van der Waals surface area contributed by atoms with Gasteiger partial charge in [0.2, 0.25) is 5.91 Å². The lowest BCUT2D eigenvalue weighted by Crippen LogP contribution is -2.32. The lowest BCUT2D eigenvalue weighted by atomic mass is 10.2. The summed E-state index contributed by atoms with van der Waals surface area (Å²) in [6.45, 7) is 0. The molecule has 0 saturated heterocycles. The number of anilines is 1. The number of ether oxygens (including phenoxy) is 2. The monoisotopic (exact) mass is 376 g/mol. The van der Waals surface area contributed by atoms with E-state index in [2.05, 4.69) is 10.6 Å². The molecule has 2 aromatic carbocycles. The van der Waals surface area contributed by atoms with Crippen LogP contribution in [0.3, 0.4) is 0 Å². The zero-order chi connectivity index (χ0) is 18.2. The van der Waals surface area contributed by atoms with Crippen LogP contribution < -0.4 is 20.1 Å². The van der Waals surface area contributed by atoms with Crippen molar-refractivity contribution < 1.29 is 14.3 Å². The van der Waals surface area contributed by atoms with E-state index >= 15 is 0 Å². The van der Waals surface area contributed by atoms with Gasteiger partial charge in [-0.3, -0.25) is 10.1 Å². The van der Waals surface area contributed by atoms with E-state index in [4.69, 9.17) is 33.3 Å². The fourth-order valence-electron chi connectivity index (χ4n) is 1.95. The normalized spacial score (nSPS) is 10.4. The van der Waals surface area contributed by atoms with Crippen LogP contribution in [0.1, 0.15) is 5.56 Å². The van der Waals surface area contributed by atoms with Crippen molar-refractivity contribution in [2.24, 2.45) is 0 Å². The maximum atomic E-state index is 11.9. The number of methoxy groups -OCH3 is 2. The SMILES string of the molecule is COc1ccc(NC(=S)NC(=O)C=Cc2ccc(Cl)cc2)c(OC)c1. The number of amides is 1. The Bertz CT molecular complexity index is 791. The second-order valence-electron chi connectivity index (χ2n) is 4.89. The van der Waals surface area contributed by atoms with E-state index in [0.29, 0.717) is 22.2 Å². The molecule has 0 heterocycles. The van der Waals surface area contributed by atoms with Crippen LogP contribution in [-0.2, 0) is 4.79 Å². The summed E-state index contributed by atoms with van der Waals surface area (Å²) in [4.78, 5) is 11.9. The van der Waals surface area contributed by atoms with E-state index in [1.807, 2.05) is 12.1 Å². The maximum Gasteiger partial charge on any atom is 0.250 e. The molecule has 2 aromatic rings. The van der Waals surface area contributed by atoms with Crippen molar-refractivity contribution >= 4 is 46.6 Å². The van der Waals surface area contributed by atoms with Crippen LogP contribution in [0.4, 0.5) is 5.69 Å². The number of thiocarbonyl (C=S) groups is 1. The Balaban J connectivity index is 1.95. The van der Waals surface area contributed by atoms with Crippen molar-refractivity contribution in [1.82, 2.24) is 5.32 Å². The van der Waals surface area contributed by atoms with E-state index < -0.39 is 0 Å². The summed E-state index contributed by atoms with van der Waals surface area (Å²) >= 11 is 11.0. The lowest BCUT2D eigenvalue weighted by molar-refractivity contribution is -0.115. The smallest absolute Gasteiger partial charge is 0.250 e. The number of carbonyl (C=O) groups excluding carboxylic acids is 1. The predicted molar refractivity (Wildman–Crippen MR) is 104 cm³/mol. The van der Waals surface area contributed by atoms with Crippen LogP contribution in [0.25, 0.3) is 6.08 Å². The Morgan fingerprint density at radius 1 is 1.12 bits per heavy atom. The summed E-state index contributed by atoms with van der Waals surface area (Å²) < 4.78 is 10.4. The highest BCUT2D eigenvalue weighted by Crippen LogP contribution is 2.28. The molecule has 1 amide bonds. The topological polar surface area (TPSA) is 59.6 Å². The summed E-state index contributed by atoms with van der Waals surface area (Å²) in [6.07, 6.45) is 3.06. The molecule has 0 unspecified atom stereocenters. The quantitative estimate of drug-likeness (QED) is 0.612. The van der Waals surface area contributed by atoms with Crippen LogP contribution in [0.2, 0.25) is 5.02 Å². The second-order valence-corrected chi connectivity index (χ2v) is 5.74. The van der Waals surface area contributed by atoms with Gasteiger partial charge in [-0.1, -0.05) is 23.7 Å². The Hall–Kier alpha value is -2.57. The van der Waals surface area contributed by atoms with Gasteiger partial charge in [0.15, 0.2) is 5.11 Å². The fraction of sp³-hybridized carbons (Fsp3) is 0.111. The first-order valence-corrected chi connectivity index (χ1v) is 8.08. The third-order valence-corrected chi connectivity index (χ3v) is 3.65. The van der Waals surface area contributed by atoms with E-state index in [1.165, 1.54) is 13.2 Å². The van der Waals surface area contributed by atoms with Crippen LogP contribution in [-0.4, -0.2) is 25.2 Å². The van der Waals surface area contributed by atoms with Gasteiger partial charge in [0, 0.05) is 17.2 Å². The molecule has 0 fully saturated rings. The third-order valence-electron chi connectivity index (χ3n) is 3.19. The first-order valence-electron chi connectivity index (χ1n) is 7.29. The minimum atomic E-state index is -0.347. The number of halogens is 1. The van der Waals surface area contributed by atoms with E-state index in [9.17, 15) is 4.79 Å². The van der Waals surface area contributed by atoms with E-state index in [-0.39, 0.29) is 11.0 Å². The van der Waals surface area contributed by atoms with Crippen molar-refractivity contribution in [3.8, 4) is 11.5 Å². The van der Waals surface area contributed by atoms with E-state index in [1.54, 1.807) is 43.5 Å². The molecule has 0 aliphatic carbocycles. The molecule has 0 spiro atoms. The summed E-state index contributed by atoms with van der Waals surface area (Å²) in [5.41, 5.74) is 1.48. The number of rotatable bonds is 5. The van der Waals surface area contributed by atoms with Gasteiger partial charge < -0.3 is 14.8 Å². The van der Waals surface area contributed by atoms with Gasteiger partial charge in [-0.15, -0.1) is 0 Å². The molecule has 2 rings (SSSR count). The van der Waals surface area contributed by atoms with Crippen LogP contribution >= 0.6 is 23.8 Å². The van der Waals surface area contributed by atoms with Gasteiger partial charge in [0.1, 0.15) is 11.5 Å². The molecule has 2 N–H and O–H groups in total. The molecule has 0 atom stereocenters. The van der Waals surface area contributed by atoms with Gasteiger partial charge >= 0.3 is 0 Å². The first kappa shape index (κ1) is 18.8. The summed E-state index contributed by atoms with van der Waals surface area (Å²) in [6, 6.07) is 12.3. The standard InChI is InChI=1S/C18H17ClN2O3S/c1-23-14-8-9-15(16(11-14)24-2)20-18(25)21-17(22)10-5-12-3-6-13(19)7-4-12/h3-11H,1-2H3,(H2,20,21,22,25). The molecule has 0 aliphatic rings. The number of hydrogen-bond donors (Lipinski definition) is 2. The zero-order valence-corrected chi connectivity index (χ0v) is 15.3. The molecule has 130 valence electrons. The van der Waals surface area contributed by atoms with Crippen molar-refractivity contribution in [3.63, 3.8) is 0 Å². The van der Waals surface area contributed by atoms with Crippen molar-refractivity contribution in [2.75, 3.05) is 19.5 Å². The van der Waals surface area contributed by atoms with E-state index in [0.717, 1.165) is 5.56 Å². The molecular formula is C18H17ClN2O3S. The molecule has 0 bridgehead atoms. The Kier molecular flexibility index (Phi) is 6.80. The molecule has 0 aliphatic heterocycles. The summed E-state index contributed by atoms with van der Waals surface area (Å²) in [7, 11) is 3.11. The van der Waals surface area contributed by atoms with Gasteiger partial charge in [0.25, 0.3) is 0 Å². The number of carbonyl (C=O) groups is 1. The van der Waals surface area contributed by atoms with Gasteiger partial charge in [-0.2, -0.15) is 0 Å². The average molecular weight is 377 g/mol. The predicted octanol–water partition coefficient (Wildman–Crippen LogP) is 3.88. The molecule has 0 radical (unpaired) electrons. The largest absolute Gasteiger partial charge is 0.497 e. The van der Waals surface area contributed by atoms with Crippen molar-refractivity contribution in [1.29, 1.82) is 0 Å². The summed E-state index contributed by atoms with van der Waals surface area (Å²) in [5, 5.41) is 6.29. The number of benzene rings is 2. The molecule has 0 aromatic heterocycles. The molecule has 7 heteroatoms. The number of nitrogens with one attached hydrogen (secondary N) is 2. The molecular weight excluding hydrogens is 360 g/mol. The molecule has 25 heavy (non-hydrogen) atoms. The van der Waals surface area contributed by atoms with Gasteiger partial charge in [-0.25, -0.2) is 0 Å². The fourth-order valence-corrected chi connectivity index (χ4v) is 2.29. The first-order chi connectivity index (χ1) is 12.0. The van der Waals surface area contributed by atoms with Crippen LogP contribution in [0.15, 0.2) is 48.5 Å². The van der Waals surface area contributed by atoms with Gasteiger partial charge in [-0.05, 0) is 48.1 Å². The average Bonchev–Trinajstić information content (AvgIpc) is 2.61. The Morgan fingerprint density at radius 2 is 1.84 bits per heavy atom. The Labute approximate surface area is 156 Å². The Morgan fingerprint density at radius 3 is 2.48 bits per heavy atom.